The number of ether oxygens (including phenoxy) is 1. The Kier molecular flexibility index (Phi) is 5.70. The van der Waals surface area contributed by atoms with E-state index in [1.54, 1.807) is 28.8 Å². The summed E-state index contributed by atoms with van der Waals surface area (Å²) < 4.78 is 46.7. The van der Waals surface area contributed by atoms with E-state index in [-0.39, 0.29) is 23.3 Å². The van der Waals surface area contributed by atoms with Crippen LogP contribution >= 0.6 is 0 Å². The summed E-state index contributed by atoms with van der Waals surface area (Å²) >= 11 is 0. The molecular weight excluding hydrogens is 425 g/mol. The van der Waals surface area contributed by atoms with E-state index in [1.165, 1.54) is 29.8 Å². The van der Waals surface area contributed by atoms with Crippen LogP contribution in [0, 0.1) is 0 Å². The number of benzene rings is 2. The Morgan fingerprint density at radius 3 is 2.53 bits per heavy atom. The molecule has 0 fully saturated rings. The van der Waals surface area contributed by atoms with E-state index in [0.29, 0.717) is 29.7 Å². The summed E-state index contributed by atoms with van der Waals surface area (Å²) in [5, 5.41) is 6.83. The molecular formula is C22H19F3N4O3. The van der Waals surface area contributed by atoms with Gasteiger partial charge in [-0.25, -0.2) is 4.52 Å². The third kappa shape index (κ3) is 4.09. The molecule has 10 heteroatoms. The van der Waals surface area contributed by atoms with Crippen LogP contribution in [0.1, 0.15) is 21.6 Å². The zero-order valence-electron chi connectivity index (χ0n) is 17.0. The Bertz CT molecular complexity index is 1360. The number of aromatic nitrogens is 3. The van der Waals surface area contributed by atoms with E-state index in [4.69, 9.17) is 4.74 Å². The molecule has 2 aromatic heterocycles. The van der Waals surface area contributed by atoms with Gasteiger partial charge in [-0.3, -0.25) is 9.59 Å². The Morgan fingerprint density at radius 1 is 1.06 bits per heavy atom. The molecule has 0 saturated carbocycles. The van der Waals surface area contributed by atoms with Gasteiger partial charge in [-0.05, 0) is 29.8 Å². The summed E-state index contributed by atoms with van der Waals surface area (Å²) in [6.45, 7) is 0.544. The lowest BCUT2D eigenvalue weighted by Crippen LogP contribution is -2.24. The van der Waals surface area contributed by atoms with Crippen molar-refractivity contribution in [1.29, 1.82) is 0 Å². The highest BCUT2D eigenvalue weighted by molar-refractivity contribution is 5.94. The molecule has 0 radical (unpaired) electrons. The van der Waals surface area contributed by atoms with Crippen LogP contribution in [0.25, 0.3) is 16.6 Å². The predicted octanol–water partition coefficient (Wildman–Crippen LogP) is 3.24. The fourth-order valence-corrected chi connectivity index (χ4v) is 3.48. The largest absolute Gasteiger partial charge is 0.416 e. The molecule has 1 N–H and O–H groups in total. The summed E-state index contributed by atoms with van der Waals surface area (Å²) in [6.07, 6.45) is -4.47. The van der Waals surface area contributed by atoms with Crippen LogP contribution < -0.4 is 10.9 Å². The minimum atomic E-state index is -4.47. The van der Waals surface area contributed by atoms with Crippen molar-refractivity contribution in [1.82, 2.24) is 19.5 Å². The van der Waals surface area contributed by atoms with Gasteiger partial charge in [-0.2, -0.15) is 18.3 Å². The molecule has 0 saturated heterocycles. The van der Waals surface area contributed by atoms with E-state index in [9.17, 15) is 22.8 Å². The number of hydrogen-bond donors (Lipinski definition) is 1. The first-order valence-corrected chi connectivity index (χ1v) is 9.74. The van der Waals surface area contributed by atoms with Gasteiger partial charge >= 0.3 is 6.18 Å². The van der Waals surface area contributed by atoms with Gasteiger partial charge in [-0.15, -0.1) is 0 Å². The van der Waals surface area contributed by atoms with Crippen LogP contribution in [-0.2, 0) is 24.0 Å². The van der Waals surface area contributed by atoms with Gasteiger partial charge in [-0.1, -0.05) is 24.3 Å². The van der Waals surface area contributed by atoms with Crippen LogP contribution in [0.2, 0.25) is 0 Å². The lowest BCUT2D eigenvalue weighted by Gasteiger charge is -2.11. The van der Waals surface area contributed by atoms with E-state index in [1.807, 2.05) is 0 Å². The maximum Gasteiger partial charge on any atom is 0.416 e. The van der Waals surface area contributed by atoms with Gasteiger partial charge in [0, 0.05) is 26.3 Å². The Balaban J connectivity index is 1.65. The van der Waals surface area contributed by atoms with Gasteiger partial charge < -0.3 is 14.6 Å². The molecule has 4 aromatic rings. The van der Waals surface area contributed by atoms with Crippen LogP contribution in [0.5, 0.6) is 0 Å². The number of para-hydroxylation sites is 2. The van der Waals surface area contributed by atoms with Crippen molar-refractivity contribution in [3.63, 3.8) is 0 Å². The van der Waals surface area contributed by atoms with Crippen molar-refractivity contribution in [2.75, 3.05) is 13.7 Å². The number of methoxy groups -OCH3 is 1. The number of nitrogens with zero attached hydrogens (tertiary/aromatic N) is 3. The Morgan fingerprint density at radius 2 is 1.81 bits per heavy atom. The fourth-order valence-electron chi connectivity index (χ4n) is 3.48. The Labute approximate surface area is 180 Å². The lowest BCUT2D eigenvalue weighted by molar-refractivity contribution is -0.137. The zero-order chi connectivity index (χ0) is 22.9. The molecule has 0 aliphatic carbocycles. The predicted molar refractivity (Wildman–Crippen MR) is 111 cm³/mol. The molecule has 0 atom stereocenters. The van der Waals surface area contributed by atoms with Crippen molar-refractivity contribution in [3.8, 4) is 0 Å². The number of carbonyl (C=O) groups excluding carboxylic acids is 1. The lowest BCUT2D eigenvalue weighted by atomic mass is 10.1. The molecule has 0 spiro atoms. The highest BCUT2D eigenvalue weighted by Crippen LogP contribution is 2.29. The summed E-state index contributed by atoms with van der Waals surface area (Å²) in [5.41, 5.74) is 0.651. The van der Waals surface area contributed by atoms with Gasteiger partial charge in [0.1, 0.15) is 5.52 Å². The highest BCUT2D eigenvalue weighted by atomic mass is 19.4. The number of amides is 1. The molecule has 32 heavy (non-hydrogen) atoms. The first-order chi connectivity index (χ1) is 15.3. The van der Waals surface area contributed by atoms with Crippen molar-refractivity contribution in [3.05, 3.63) is 81.8 Å². The third-order valence-electron chi connectivity index (χ3n) is 5.03. The molecule has 0 aliphatic rings. The first-order valence-electron chi connectivity index (χ1n) is 9.74. The number of carbonyl (C=O) groups is 1. The number of rotatable bonds is 6. The van der Waals surface area contributed by atoms with Crippen molar-refractivity contribution in [2.45, 2.75) is 19.3 Å². The quantitative estimate of drug-likeness (QED) is 0.495. The molecule has 0 unspecified atom stereocenters. The second-order valence-electron chi connectivity index (χ2n) is 7.15. The molecule has 166 valence electrons. The minimum Gasteiger partial charge on any atom is -0.383 e. The summed E-state index contributed by atoms with van der Waals surface area (Å²) in [4.78, 5) is 25.6. The van der Waals surface area contributed by atoms with Crippen molar-refractivity contribution >= 4 is 22.5 Å². The van der Waals surface area contributed by atoms with Gasteiger partial charge in [0.25, 0.3) is 11.5 Å². The normalized spacial score (nSPS) is 11.9. The fraction of sp³-hybridized carbons (Fsp3) is 0.227. The number of alkyl halides is 3. The minimum absolute atomic E-state index is 0.0104. The average Bonchev–Trinajstić information content (AvgIpc) is 3.23. The van der Waals surface area contributed by atoms with Gasteiger partial charge in [0.15, 0.2) is 5.69 Å². The van der Waals surface area contributed by atoms with E-state index >= 15 is 0 Å². The number of hydrogen-bond acceptors (Lipinski definition) is 4. The smallest absolute Gasteiger partial charge is 0.383 e. The monoisotopic (exact) mass is 444 g/mol. The van der Waals surface area contributed by atoms with E-state index < -0.39 is 17.6 Å². The number of nitrogens with one attached hydrogen (secondary N) is 1. The molecule has 0 aliphatic heterocycles. The van der Waals surface area contributed by atoms with Gasteiger partial charge in [0.05, 0.1) is 23.2 Å². The molecule has 2 heterocycles. The van der Waals surface area contributed by atoms with Crippen molar-refractivity contribution < 1.29 is 22.7 Å². The SMILES string of the molecule is COCCn1c(=O)c2cc(C(=O)NCc3cccc(C(F)(F)F)c3)nn2c2ccccc21. The average molecular weight is 444 g/mol. The highest BCUT2D eigenvalue weighted by Gasteiger charge is 2.30. The summed E-state index contributed by atoms with van der Waals surface area (Å²) in [7, 11) is 1.54. The molecule has 1 amide bonds. The van der Waals surface area contributed by atoms with Gasteiger partial charge in [0.2, 0.25) is 0 Å². The van der Waals surface area contributed by atoms with Crippen LogP contribution in [-0.4, -0.2) is 33.8 Å². The van der Waals surface area contributed by atoms with Crippen LogP contribution in [0.3, 0.4) is 0 Å². The maximum atomic E-state index is 13.0. The Hall–Kier alpha value is -3.66. The zero-order valence-corrected chi connectivity index (χ0v) is 17.0. The second-order valence-corrected chi connectivity index (χ2v) is 7.15. The molecule has 7 nitrogen and oxygen atoms in total. The number of fused-ring (bicyclic) bond motifs is 3. The maximum absolute atomic E-state index is 13.0. The van der Waals surface area contributed by atoms with Crippen LogP contribution in [0.4, 0.5) is 13.2 Å². The first kappa shape index (κ1) is 21.6. The summed E-state index contributed by atoms with van der Waals surface area (Å²) in [5.74, 6) is -0.599. The standard InChI is InChI=1S/C22H19F3N4O3/c1-32-10-9-28-17-7-2-3-8-18(17)29-19(21(28)31)12-16(27-29)20(30)26-13-14-5-4-6-15(11-14)22(23,24)25/h2-8,11-12H,9-10,13H2,1H3,(H,26,30). The number of halogens is 3. The molecule has 2 aromatic carbocycles. The van der Waals surface area contributed by atoms with E-state index in [2.05, 4.69) is 10.4 Å². The second kappa shape index (κ2) is 8.46. The van der Waals surface area contributed by atoms with Crippen LogP contribution in [0.15, 0.2) is 59.4 Å². The van der Waals surface area contributed by atoms with E-state index in [0.717, 1.165) is 12.1 Å². The molecule has 4 rings (SSSR count). The summed E-state index contributed by atoms with van der Waals surface area (Å²) in [6, 6.07) is 13.2. The topological polar surface area (TPSA) is 77.6 Å². The molecule has 0 bridgehead atoms. The van der Waals surface area contributed by atoms with Crippen molar-refractivity contribution in [2.24, 2.45) is 0 Å². The third-order valence-corrected chi connectivity index (χ3v) is 5.03.